The van der Waals surface area contributed by atoms with E-state index in [4.69, 9.17) is 33.3 Å². The number of thiocarbonyl (C=S) groups is 1. The van der Waals surface area contributed by atoms with E-state index in [-0.39, 0.29) is 12.2 Å². The standard InChI is InChI=1S/C19H29ClN2O3S/c1-12-10-13(20)8-9-14(12)21-17(26)22-15(11-24-18(2,3)4)16(23)25-19(5,6)7/h8-10,15H,11H2,1-7H3,(H2,21,22,26). The number of anilines is 1. The average Bonchev–Trinajstić information content (AvgIpc) is 2.43. The first-order valence-corrected chi connectivity index (χ1v) is 9.26. The molecule has 1 rings (SSSR count). The lowest BCUT2D eigenvalue weighted by Gasteiger charge is -2.28. The second kappa shape index (κ2) is 9.02. The summed E-state index contributed by atoms with van der Waals surface area (Å²) in [6.45, 7) is 13.3. The van der Waals surface area contributed by atoms with Crippen LogP contribution >= 0.6 is 23.8 Å². The van der Waals surface area contributed by atoms with E-state index in [0.29, 0.717) is 10.1 Å². The summed E-state index contributed by atoms with van der Waals surface area (Å²) in [6.07, 6.45) is 0. The van der Waals surface area contributed by atoms with Gasteiger partial charge in [0.2, 0.25) is 0 Å². The second-order valence-corrected chi connectivity index (χ2v) is 8.91. The van der Waals surface area contributed by atoms with Gasteiger partial charge < -0.3 is 20.1 Å². The molecule has 26 heavy (non-hydrogen) atoms. The molecule has 1 aromatic rings. The molecule has 0 bridgehead atoms. The van der Waals surface area contributed by atoms with Crippen molar-refractivity contribution in [1.82, 2.24) is 5.32 Å². The van der Waals surface area contributed by atoms with Gasteiger partial charge in [0, 0.05) is 10.7 Å². The molecule has 1 unspecified atom stereocenters. The highest BCUT2D eigenvalue weighted by Gasteiger charge is 2.28. The van der Waals surface area contributed by atoms with Crippen molar-refractivity contribution in [2.24, 2.45) is 0 Å². The number of nitrogens with one attached hydrogen (secondary N) is 2. The molecule has 146 valence electrons. The van der Waals surface area contributed by atoms with E-state index in [1.54, 1.807) is 6.07 Å². The Labute approximate surface area is 166 Å². The van der Waals surface area contributed by atoms with E-state index in [0.717, 1.165) is 11.3 Å². The van der Waals surface area contributed by atoms with Crippen molar-refractivity contribution in [3.05, 3.63) is 28.8 Å². The van der Waals surface area contributed by atoms with Crippen LogP contribution in [0.5, 0.6) is 0 Å². The molecule has 0 radical (unpaired) electrons. The van der Waals surface area contributed by atoms with Gasteiger partial charge >= 0.3 is 5.97 Å². The van der Waals surface area contributed by atoms with Gasteiger partial charge in [0.05, 0.1) is 12.2 Å². The number of rotatable bonds is 5. The topological polar surface area (TPSA) is 59.6 Å². The number of carbonyl (C=O) groups is 1. The number of esters is 1. The van der Waals surface area contributed by atoms with E-state index in [1.165, 1.54) is 0 Å². The fourth-order valence-electron chi connectivity index (χ4n) is 1.96. The molecule has 5 nitrogen and oxygen atoms in total. The fraction of sp³-hybridized carbons (Fsp3) is 0.579. The number of benzene rings is 1. The molecule has 0 saturated heterocycles. The van der Waals surface area contributed by atoms with Crippen LogP contribution in [0.3, 0.4) is 0 Å². The van der Waals surface area contributed by atoms with Crippen molar-refractivity contribution in [2.45, 2.75) is 65.7 Å². The largest absolute Gasteiger partial charge is 0.458 e. The van der Waals surface area contributed by atoms with Gasteiger partial charge in [-0.1, -0.05) is 11.6 Å². The van der Waals surface area contributed by atoms with Crippen LogP contribution in [0.4, 0.5) is 5.69 Å². The first-order chi connectivity index (χ1) is 11.8. The Morgan fingerprint density at radius 3 is 2.31 bits per heavy atom. The van der Waals surface area contributed by atoms with Crippen LogP contribution in [0, 0.1) is 6.92 Å². The molecule has 2 N–H and O–H groups in total. The summed E-state index contributed by atoms with van der Waals surface area (Å²) in [7, 11) is 0. The van der Waals surface area contributed by atoms with Gasteiger partial charge in [-0.15, -0.1) is 0 Å². The van der Waals surface area contributed by atoms with Gasteiger partial charge in [0.15, 0.2) is 5.11 Å². The molecule has 1 atom stereocenters. The lowest BCUT2D eigenvalue weighted by Crippen LogP contribution is -2.49. The van der Waals surface area contributed by atoms with Crippen LogP contribution in [0.2, 0.25) is 5.02 Å². The molecule has 7 heteroatoms. The number of hydrogen-bond donors (Lipinski definition) is 2. The molecule has 0 heterocycles. The molecule has 0 aliphatic rings. The zero-order valence-electron chi connectivity index (χ0n) is 16.5. The first-order valence-electron chi connectivity index (χ1n) is 8.47. The molecule has 0 fully saturated rings. The third-order valence-electron chi connectivity index (χ3n) is 3.12. The molecule has 0 saturated carbocycles. The summed E-state index contributed by atoms with van der Waals surface area (Å²) in [5.41, 5.74) is 0.776. The monoisotopic (exact) mass is 400 g/mol. The highest BCUT2D eigenvalue weighted by atomic mass is 35.5. The summed E-state index contributed by atoms with van der Waals surface area (Å²) in [5.74, 6) is -0.418. The minimum absolute atomic E-state index is 0.139. The van der Waals surface area contributed by atoms with Crippen LogP contribution < -0.4 is 10.6 Å². The van der Waals surface area contributed by atoms with Crippen LogP contribution in [-0.2, 0) is 14.3 Å². The highest BCUT2D eigenvalue weighted by molar-refractivity contribution is 7.80. The summed E-state index contributed by atoms with van der Waals surface area (Å²) >= 11 is 11.3. The predicted octanol–water partition coefficient (Wildman–Crippen LogP) is 4.46. The normalized spacial score (nSPS) is 13.1. The van der Waals surface area contributed by atoms with Crippen molar-refractivity contribution < 1.29 is 14.3 Å². The van der Waals surface area contributed by atoms with Crippen molar-refractivity contribution in [2.75, 3.05) is 11.9 Å². The van der Waals surface area contributed by atoms with Crippen molar-refractivity contribution >= 4 is 40.6 Å². The van der Waals surface area contributed by atoms with Gasteiger partial charge in [-0.25, -0.2) is 4.79 Å². The number of hydrogen-bond acceptors (Lipinski definition) is 4. The zero-order valence-corrected chi connectivity index (χ0v) is 18.1. The van der Waals surface area contributed by atoms with Gasteiger partial charge in [-0.3, -0.25) is 0 Å². The fourth-order valence-corrected chi connectivity index (χ4v) is 2.44. The maximum atomic E-state index is 12.5. The van der Waals surface area contributed by atoms with Crippen LogP contribution in [0.15, 0.2) is 18.2 Å². The van der Waals surface area contributed by atoms with E-state index < -0.39 is 17.6 Å². The molecular formula is C19H29ClN2O3S. The van der Waals surface area contributed by atoms with Crippen LogP contribution in [0.1, 0.15) is 47.1 Å². The summed E-state index contributed by atoms with van der Waals surface area (Å²) < 4.78 is 11.2. The molecule has 0 aliphatic heterocycles. The number of halogens is 1. The number of carbonyl (C=O) groups excluding carboxylic acids is 1. The Hall–Kier alpha value is -1.37. The van der Waals surface area contributed by atoms with E-state index in [9.17, 15) is 4.79 Å². The van der Waals surface area contributed by atoms with E-state index >= 15 is 0 Å². The minimum Gasteiger partial charge on any atom is -0.458 e. The first kappa shape index (κ1) is 22.7. The average molecular weight is 401 g/mol. The Balaban J connectivity index is 2.82. The highest BCUT2D eigenvalue weighted by Crippen LogP contribution is 2.19. The lowest BCUT2D eigenvalue weighted by molar-refractivity contribution is -0.159. The van der Waals surface area contributed by atoms with Gasteiger partial charge in [-0.05, 0) is 84.4 Å². The summed E-state index contributed by atoms with van der Waals surface area (Å²) in [5, 5.41) is 7.03. The zero-order chi connectivity index (χ0) is 20.1. The Morgan fingerprint density at radius 1 is 1.19 bits per heavy atom. The third-order valence-corrected chi connectivity index (χ3v) is 3.57. The summed E-state index contributed by atoms with van der Waals surface area (Å²) in [6, 6.07) is 4.72. The SMILES string of the molecule is Cc1cc(Cl)ccc1NC(=S)NC(COC(C)(C)C)C(=O)OC(C)(C)C. The van der Waals surface area contributed by atoms with Gasteiger partial charge in [-0.2, -0.15) is 0 Å². The van der Waals surface area contributed by atoms with E-state index in [1.807, 2.05) is 60.6 Å². The van der Waals surface area contributed by atoms with Crippen molar-refractivity contribution in [3.8, 4) is 0 Å². The van der Waals surface area contributed by atoms with Crippen molar-refractivity contribution in [1.29, 1.82) is 0 Å². The lowest BCUT2D eigenvalue weighted by atomic mass is 10.1. The third kappa shape index (κ3) is 8.83. The van der Waals surface area contributed by atoms with Crippen LogP contribution in [0.25, 0.3) is 0 Å². The molecular weight excluding hydrogens is 372 g/mol. The maximum Gasteiger partial charge on any atom is 0.331 e. The Kier molecular flexibility index (Phi) is 7.86. The Bertz CT molecular complexity index is 651. The van der Waals surface area contributed by atoms with Gasteiger partial charge in [0.1, 0.15) is 11.6 Å². The minimum atomic E-state index is -0.721. The van der Waals surface area contributed by atoms with E-state index in [2.05, 4.69) is 10.6 Å². The number of ether oxygens (including phenoxy) is 2. The molecule has 0 aliphatic carbocycles. The van der Waals surface area contributed by atoms with Crippen molar-refractivity contribution in [3.63, 3.8) is 0 Å². The predicted molar refractivity (Wildman–Crippen MR) is 111 cm³/mol. The Morgan fingerprint density at radius 2 is 1.81 bits per heavy atom. The summed E-state index contributed by atoms with van der Waals surface area (Å²) in [4.78, 5) is 12.5. The van der Waals surface area contributed by atoms with Gasteiger partial charge in [0.25, 0.3) is 0 Å². The molecule has 1 aromatic carbocycles. The molecule has 0 amide bonds. The molecule has 0 aromatic heterocycles. The number of aryl methyl sites for hydroxylation is 1. The van der Waals surface area contributed by atoms with Crippen LogP contribution in [-0.4, -0.2) is 34.9 Å². The molecule has 0 spiro atoms. The smallest absolute Gasteiger partial charge is 0.331 e. The maximum absolute atomic E-state index is 12.5. The quantitative estimate of drug-likeness (QED) is 0.562. The second-order valence-electron chi connectivity index (χ2n) is 8.07.